The molecule has 15 heavy (non-hydrogen) atoms. The fraction of sp³-hybridized carbons (Fsp3) is 0.417. The van der Waals surface area contributed by atoms with Crippen molar-refractivity contribution < 1.29 is 0 Å². The first kappa shape index (κ1) is 11.6. The molecule has 0 aromatic heterocycles. The maximum absolute atomic E-state index is 5.30. The van der Waals surface area contributed by atoms with Crippen molar-refractivity contribution in [1.29, 1.82) is 0 Å². The molecular formula is C12H19N3. The van der Waals surface area contributed by atoms with Gasteiger partial charge in [0.2, 0.25) is 0 Å². The molecule has 0 amide bonds. The zero-order chi connectivity index (χ0) is 11.4. The lowest BCUT2D eigenvalue weighted by molar-refractivity contribution is 0.535. The lowest BCUT2D eigenvalue weighted by Crippen LogP contribution is -2.21. The zero-order valence-corrected chi connectivity index (χ0v) is 9.57. The molecule has 0 heterocycles. The molecule has 0 aliphatic rings. The van der Waals surface area contributed by atoms with Gasteiger partial charge in [-0.1, -0.05) is 32.9 Å². The van der Waals surface area contributed by atoms with Crippen molar-refractivity contribution in [2.75, 3.05) is 0 Å². The molecule has 1 aromatic rings. The van der Waals surface area contributed by atoms with Crippen molar-refractivity contribution in [3.05, 3.63) is 29.8 Å². The van der Waals surface area contributed by atoms with E-state index in [1.54, 1.807) is 0 Å². The molecule has 0 saturated carbocycles. The van der Waals surface area contributed by atoms with E-state index in [2.05, 4.69) is 37.9 Å². The molecule has 1 aromatic carbocycles. The predicted molar refractivity (Wildman–Crippen MR) is 65.2 cm³/mol. The molecule has 0 saturated heterocycles. The van der Waals surface area contributed by atoms with Crippen LogP contribution in [0.2, 0.25) is 0 Å². The lowest BCUT2D eigenvalue weighted by Gasteiger charge is -2.15. The number of nitrogens with zero attached hydrogens (tertiary/aromatic N) is 1. The van der Waals surface area contributed by atoms with Gasteiger partial charge in [-0.2, -0.15) is 0 Å². The molecule has 3 heteroatoms. The number of hydrogen-bond donors (Lipinski definition) is 2. The van der Waals surface area contributed by atoms with Crippen molar-refractivity contribution in [2.45, 2.75) is 26.7 Å². The first-order chi connectivity index (χ1) is 7.00. The molecule has 0 aliphatic carbocycles. The number of rotatable bonds is 3. The second-order valence-electron chi connectivity index (χ2n) is 4.16. The van der Waals surface area contributed by atoms with E-state index in [0.717, 1.165) is 5.69 Å². The summed E-state index contributed by atoms with van der Waals surface area (Å²) in [6, 6.07) is 8.03. The van der Waals surface area contributed by atoms with Gasteiger partial charge in [0.15, 0.2) is 5.96 Å². The summed E-state index contributed by atoms with van der Waals surface area (Å²) in [5.74, 6) is 1.29. The largest absolute Gasteiger partial charge is 0.370 e. The molecule has 0 aliphatic heterocycles. The Morgan fingerprint density at radius 1 is 1.07 bits per heavy atom. The summed E-state index contributed by atoms with van der Waals surface area (Å²) in [5, 5.41) is 0. The Bertz CT molecular complexity index is 334. The van der Waals surface area contributed by atoms with Crippen molar-refractivity contribution in [3.8, 4) is 0 Å². The van der Waals surface area contributed by atoms with E-state index in [9.17, 15) is 0 Å². The fourth-order valence-corrected chi connectivity index (χ4v) is 1.39. The van der Waals surface area contributed by atoms with Crippen LogP contribution in [0.4, 0.5) is 5.69 Å². The monoisotopic (exact) mass is 205 g/mol. The molecule has 1 rings (SSSR count). The SMILES string of the molecule is CC(C)C(C)c1ccc(N=C(N)N)cc1. The quantitative estimate of drug-likeness (QED) is 0.587. The molecular weight excluding hydrogens is 186 g/mol. The van der Waals surface area contributed by atoms with Crippen LogP contribution >= 0.6 is 0 Å². The van der Waals surface area contributed by atoms with Gasteiger partial charge in [0.25, 0.3) is 0 Å². The summed E-state index contributed by atoms with van der Waals surface area (Å²) in [6.45, 7) is 6.66. The maximum atomic E-state index is 5.30. The summed E-state index contributed by atoms with van der Waals surface area (Å²) in [4.78, 5) is 3.98. The van der Waals surface area contributed by atoms with E-state index in [1.807, 2.05) is 12.1 Å². The first-order valence-electron chi connectivity index (χ1n) is 5.20. The molecule has 4 N–H and O–H groups in total. The molecule has 0 spiro atoms. The van der Waals surface area contributed by atoms with Crippen molar-refractivity contribution in [1.82, 2.24) is 0 Å². The number of nitrogens with two attached hydrogens (primary N) is 2. The van der Waals surface area contributed by atoms with E-state index < -0.39 is 0 Å². The third kappa shape index (κ3) is 3.27. The summed E-state index contributed by atoms with van der Waals surface area (Å²) in [7, 11) is 0. The topological polar surface area (TPSA) is 64.4 Å². The highest BCUT2D eigenvalue weighted by Crippen LogP contribution is 2.25. The number of guanidine groups is 1. The third-order valence-electron chi connectivity index (χ3n) is 2.68. The second kappa shape index (κ2) is 4.82. The highest BCUT2D eigenvalue weighted by molar-refractivity contribution is 5.78. The van der Waals surface area contributed by atoms with Crippen LogP contribution in [0.1, 0.15) is 32.3 Å². The zero-order valence-electron chi connectivity index (χ0n) is 9.57. The molecule has 1 atom stereocenters. The van der Waals surface area contributed by atoms with Crippen molar-refractivity contribution >= 4 is 11.6 Å². The van der Waals surface area contributed by atoms with Gasteiger partial charge in [-0.25, -0.2) is 4.99 Å². The minimum Gasteiger partial charge on any atom is -0.370 e. The Hall–Kier alpha value is -1.51. The average Bonchev–Trinajstić information content (AvgIpc) is 2.17. The minimum absolute atomic E-state index is 0.0969. The molecule has 0 fully saturated rings. The molecule has 0 bridgehead atoms. The number of benzene rings is 1. The van der Waals surface area contributed by atoms with Gasteiger partial charge >= 0.3 is 0 Å². The lowest BCUT2D eigenvalue weighted by atomic mass is 9.90. The first-order valence-corrected chi connectivity index (χ1v) is 5.20. The summed E-state index contributed by atoms with van der Waals surface area (Å²) in [5.41, 5.74) is 12.7. The van der Waals surface area contributed by atoms with E-state index in [-0.39, 0.29) is 5.96 Å². The van der Waals surface area contributed by atoms with E-state index in [0.29, 0.717) is 11.8 Å². The normalized spacial score (nSPS) is 12.5. The van der Waals surface area contributed by atoms with E-state index in [4.69, 9.17) is 11.5 Å². The molecule has 3 nitrogen and oxygen atoms in total. The van der Waals surface area contributed by atoms with Crippen LogP contribution in [-0.4, -0.2) is 5.96 Å². The Kier molecular flexibility index (Phi) is 3.72. The van der Waals surface area contributed by atoms with Crippen LogP contribution in [0, 0.1) is 5.92 Å². The molecule has 0 radical (unpaired) electrons. The highest BCUT2D eigenvalue weighted by Gasteiger charge is 2.08. The van der Waals surface area contributed by atoms with Crippen LogP contribution in [-0.2, 0) is 0 Å². The van der Waals surface area contributed by atoms with Crippen LogP contribution < -0.4 is 11.5 Å². The Balaban J connectivity index is 2.85. The molecule has 1 unspecified atom stereocenters. The Morgan fingerprint density at radius 3 is 2.00 bits per heavy atom. The van der Waals surface area contributed by atoms with Gasteiger partial charge in [-0.3, -0.25) is 0 Å². The van der Waals surface area contributed by atoms with E-state index in [1.165, 1.54) is 5.56 Å². The molecule has 82 valence electrons. The minimum atomic E-state index is 0.0969. The smallest absolute Gasteiger partial charge is 0.191 e. The summed E-state index contributed by atoms with van der Waals surface area (Å²) in [6.07, 6.45) is 0. The van der Waals surface area contributed by atoms with Crippen LogP contribution in [0.15, 0.2) is 29.3 Å². The summed E-state index contributed by atoms with van der Waals surface area (Å²) < 4.78 is 0. The van der Waals surface area contributed by atoms with Crippen LogP contribution in [0.5, 0.6) is 0 Å². The fourth-order valence-electron chi connectivity index (χ4n) is 1.39. The van der Waals surface area contributed by atoms with Gasteiger partial charge in [0.05, 0.1) is 5.69 Å². The van der Waals surface area contributed by atoms with Crippen molar-refractivity contribution in [2.24, 2.45) is 22.4 Å². The number of aliphatic imine (C=N–C) groups is 1. The van der Waals surface area contributed by atoms with Gasteiger partial charge in [-0.05, 0) is 29.5 Å². The van der Waals surface area contributed by atoms with Gasteiger partial charge in [0.1, 0.15) is 0 Å². The van der Waals surface area contributed by atoms with Gasteiger partial charge < -0.3 is 11.5 Å². The van der Waals surface area contributed by atoms with Crippen LogP contribution in [0.3, 0.4) is 0 Å². The number of hydrogen-bond acceptors (Lipinski definition) is 1. The van der Waals surface area contributed by atoms with Crippen molar-refractivity contribution in [3.63, 3.8) is 0 Å². The predicted octanol–water partition coefficient (Wildman–Crippen LogP) is 2.35. The highest BCUT2D eigenvalue weighted by atomic mass is 15.0. The van der Waals surface area contributed by atoms with Gasteiger partial charge in [0, 0.05) is 0 Å². The van der Waals surface area contributed by atoms with E-state index >= 15 is 0 Å². The second-order valence-corrected chi connectivity index (χ2v) is 4.16. The van der Waals surface area contributed by atoms with Gasteiger partial charge in [-0.15, -0.1) is 0 Å². The third-order valence-corrected chi connectivity index (χ3v) is 2.68. The standard InChI is InChI=1S/C12H19N3/c1-8(2)9(3)10-4-6-11(7-5-10)15-12(13)14/h4-9H,1-3H3,(H4,13,14,15). The maximum Gasteiger partial charge on any atom is 0.191 e. The van der Waals surface area contributed by atoms with Crippen LogP contribution in [0.25, 0.3) is 0 Å². The Morgan fingerprint density at radius 2 is 1.60 bits per heavy atom. The average molecular weight is 205 g/mol. The Labute approximate surface area is 91.2 Å². The summed E-state index contributed by atoms with van der Waals surface area (Å²) >= 11 is 0.